The zero-order chi connectivity index (χ0) is 14.4. The lowest BCUT2D eigenvalue weighted by atomic mass is 10.2. The van der Waals surface area contributed by atoms with Gasteiger partial charge < -0.3 is 5.32 Å². The molecule has 0 fully saturated rings. The molecule has 6 nitrogen and oxygen atoms in total. The molecule has 1 aromatic rings. The number of hydrogen-bond acceptors (Lipinski definition) is 4. The summed E-state index contributed by atoms with van der Waals surface area (Å²) in [5, 5.41) is 13.0. The molecule has 1 amide bonds. The van der Waals surface area contributed by atoms with Gasteiger partial charge in [-0.3, -0.25) is 19.7 Å². The molecular weight excluding hydrogens is 272 g/mol. The first kappa shape index (κ1) is 14.8. The maximum Gasteiger partial charge on any atom is 0.270 e. The SMILES string of the molecule is C=CCC(=O)CNC(=O)c1cc([N+](=O)[O-])ccc1Cl. The van der Waals surface area contributed by atoms with Crippen molar-refractivity contribution in [1.82, 2.24) is 5.32 Å². The number of non-ortho nitro benzene ring substituents is 1. The first-order chi connectivity index (χ1) is 8.95. The van der Waals surface area contributed by atoms with Crippen LogP contribution >= 0.6 is 11.6 Å². The van der Waals surface area contributed by atoms with Gasteiger partial charge in [0.1, 0.15) is 0 Å². The van der Waals surface area contributed by atoms with Crippen LogP contribution in [0.25, 0.3) is 0 Å². The number of hydrogen-bond donors (Lipinski definition) is 1. The van der Waals surface area contributed by atoms with Crippen molar-refractivity contribution in [2.75, 3.05) is 6.54 Å². The highest BCUT2D eigenvalue weighted by Crippen LogP contribution is 2.21. The third-order valence-electron chi connectivity index (χ3n) is 2.22. The van der Waals surface area contributed by atoms with Gasteiger partial charge in [-0.15, -0.1) is 6.58 Å². The average Bonchev–Trinajstić information content (AvgIpc) is 2.36. The van der Waals surface area contributed by atoms with Crippen molar-refractivity contribution in [1.29, 1.82) is 0 Å². The standard InChI is InChI=1S/C12H11ClN2O4/c1-2-3-9(16)7-14-12(17)10-6-8(15(18)19)4-5-11(10)13/h2,4-6H,1,3,7H2,(H,14,17). The lowest BCUT2D eigenvalue weighted by Gasteiger charge is -2.05. The van der Waals surface area contributed by atoms with Gasteiger partial charge in [0.15, 0.2) is 5.78 Å². The maximum absolute atomic E-state index is 11.8. The van der Waals surface area contributed by atoms with E-state index in [0.29, 0.717) is 0 Å². The lowest BCUT2D eigenvalue weighted by Crippen LogP contribution is -2.29. The van der Waals surface area contributed by atoms with E-state index in [1.54, 1.807) is 0 Å². The fourth-order valence-corrected chi connectivity index (χ4v) is 1.51. The Bertz CT molecular complexity index is 543. The topological polar surface area (TPSA) is 89.3 Å². The quantitative estimate of drug-likeness (QED) is 0.492. The molecule has 7 heteroatoms. The normalized spacial score (nSPS) is 9.74. The van der Waals surface area contributed by atoms with Crippen LogP contribution in [0, 0.1) is 10.1 Å². The second-order valence-corrected chi connectivity index (χ2v) is 4.04. The van der Waals surface area contributed by atoms with E-state index in [4.69, 9.17) is 11.6 Å². The number of nitrogens with one attached hydrogen (secondary N) is 1. The Morgan fingerprint density at radius 1 is 1.47 bits per heavy atom. The van der Waals surface area contributed by atoms with E-state index >= 15 is 0 Å². The summed E-state index contributed by atoms with van der Waals surface area (Å²) in [5.41, 5.74) is -0.283. The minimum absolute atomic E-state index is 0.0396. The van der Waals surface area contributed by atoms with Crippen molar-refractivity contribution in [2.45, 2.75) is 6.42 Å². The predicted octanol–water partition coefficient (Wildman–Crippen LogP) is 2.12. The molecule has 1 N–H and O–H groups in total. The Labute approximate surface area is 114 Å². The first-order valence-electron chi connectivity index (χ1n) is 5.30. The molecule has 0 aliphatic carbocycles. The third-order valence-corrected chi connectivity index (χ3v) is 2.55. The van der Waals surface area contributed by atoms with Gasteiger partial charge in [0, 0.05) is 18.6 Å². The lowest BCUT2D eigenvalue weighted by molar-refractivity contribution is -0.384. The highest BCUT2D eigenvalue weighted by molar-refractivity contribution is 6.34. The fourth-order valence-electron chi connectivity index (χ4n) is 1.31. The predicted molar refractivity (Wildman–Crippen MR) is 70.3 cm³/mol. The van der Waals surface area contributed by atoms with E-state index < -0.39 is 10.8 Å². The number of Topliss-reactive ketones (excluding diaryl/α,β-unsaturated/α-hetero) is 1. The number of nitro groups is 1. The molecule has 0 bridgehead atoms. The minimum atomic E-state index is -0.633. The van der Waals surface area contributed by atoms with Crippen LogP contribution in [0.15, 0.2) is 30.9 Å². The zero-order valence-corrected chi connectivity index (χ0v) is 10.6. The number of allylic oxidation sites excluding steroid dienone is 1. The molecule has 0 atom stereocenters. The van der Waals surface area contributed by atoms with E-state index in [1.807, 2.05) is 0 Å². The van der Waals surface area contributed by atoms with Crippen LogP contribution in [0.2, 0.25) is 5.02 Å². The van der Waals surface area contributed by atoms with Gasteiger partial charge in [0.2, 0.25) is 0 Å². The molecule has 0 aromatic heterocycles. The largest absolute Gasteiger partial charge is 0.345 e. The number of ketones is 1. The van der Waals surface area contributed by atoms with E-state index in [2.05, 4.69) is 11.9 Å². The molecule has 0 aliphatic heterocycles. The maximum atomic E-state index is 11.8. The summed E-state index contributed by atoms with van der Waals surface area (Å²) < 4.78 is 0. The highest BCUT2D eigenvalue weighted by atomic mass is 35.5. The van der Waals surface area contributed by atoms with E-state index in [-0.39, 0.29) is 35.0 Å². The Balaban J connectivity index is 2.81. The summed E-state index contributed by atoms with van der Waals surface area (Å²) in [7, 11) is 0. The van der Waals surface area contributed by atoms with Crippen molar-refractivity contribution < 1.29 is 14.5 Å². The molecule has 0 unspecified atom stereocenters. The van der Waals surface area contributed by atoms with Crippen molar-refractivity contribution in [3.05, 3.63) is 51.6 Å². The zero-order valence-electron chi connectivity index (χ0n) is 9.89. The molecule has 0 aliphatic rings. The molecule has 19 heavy (non-hydrogen) atoms. The van der Waals surface area contributed by atoms with Crippen LogP contribution in [-0.4, -0.2) is 23.2 Å². The Morgan fingerprint density at radius 3 is 2.74 bits per heavy atom. The van der Waals surface area contributed by atoms with E-state index in [0.717, 1.165) is 6.07 Å². The number of carbonyl (C=O) groups is 2. The van der Waals surface area contributed by atoms with Gasteiger partial charge in [-0.05, 0) is 6.07 Å². The second-order valence-electron chi connectivity index (χ2n) is 3.64. The van der Waals surface area contributed by atoms with Crippen molar-refractivity contribution >= 4 is 29.0 Å². The molecule has 1 rings (SSSR count). The number of amides is 1. The van der Waals surface area contributed by atoms with Crippen molar-refractivity contribution in [2.24, 2.45) is 0 Å². The average molecular weight is 283 g/mol. The summed E-state index contributed by atoms with van der Waals surface area (Å²) in [6, 6.07) is 3.53. The van der Waals surface area contributed by atoms with Crippen LogP contribution < -0.4 is 5.32 Å². The van der Waals surface area contributed by atoms with Crippen LogP contribution in [0.1, 0.15) is 16.8 Å². The minimum Gasteiger partial charge on any atom is -0.345 e. The van der Waals surface area contributed by atoms with Crippen molar-refractivity contribution in [3.63, 3.8) is 0 Å². The summed E-state index contributed by atoms with van der Waals surface area (Å²) >= 11 is 5.79. The number of rotatable bonds is 6. The molecule has 0 heterocycles. The van der Waals surface area contributed by atoms with E-state index in [9.17, 15) is 19.7 Å². The molecule has 100 valence electrons. The molecule has 0 spiro atoms. The Morgan fingerprint density at radius 2 is 2.16 bits per heavy atom. The fraction of sp³-hybridized carbons (Fsp3) is 0.167. The molecular formula is C12H11ClN2O4. The van der Waals surface area contributed by atoms with Gasteiger partial charge in [-0.25, -0.2) is 0 Å². The number of carbonyl (C=O) groups excluding carboxylic acids is 2. The summed E-state index contributed by atoms with van der Waals surface area (Å²) in [6.45, 7) is 3.22. The first-order valence-corrected chi connectivity index (χ1v) is 5.68. The summed E-state index contributed by atoms with van der Waals surface area (Å²) in [5.74, 6) is -0.851. The van der Waals surface area contributed by atoms with Crippen LogP contribution in [-0.2, 0) is 4.79 Å². The Kier molecular flexibility index (Phi) is 5.20. The van der Waals surface area contributed by atoms with Gasteiger partial charge >= 0.3 is 0 Å². The number of nitrogens with zero attached hydrogens (tertiary/aromatic N) is 1. The van der Waals surface area contributed by atoms with Gasteiger partial charge in [0.25, 0.3) is 11.6 Å². The van der Waals surface area contributed by atoms with Crippen LogP contribution in [0.5, 0.6) is 0 Å². The molecule has 0 saturated carbocycles. The number of halogens is 1. The highest BCUT2D eigenvalue weighted by Gasteiger charge is 2.16. The molecule has 1 aromatic carbocycles. The Hall–Kier alpha value is -2.21. The number of benzene rings is 1. The van der Waals surface area contributed by atoms with Gasteiger partial charge in [-0.1, -0.05) is 17.7 Å². The summed E-state index contributed by atoms with van der Waals surface area (Å²) in [4.78, 5) is 32.9. The molecule has 0 radical (unpaired) electrons. The van der Waals surface area contributed by atoms with Crippen molar-refractivity contribution in [3.8, 4) is 0 Å². The van der Waals surface area contributed by atoms with E-state index in [1.165, 1.54) is 18.2 Å². The monoisotopic (exact) mass is 282 g/mol. The molecule has 0 saturated heterocycles. The smallest absolute Gasteiger partial charge is 0.270 e. The summed E-state index contributed by atoms with van der Waals surface area (Å²) in [6.07, 6.45) is 1.57. The van der Waals surface area contributed by atoms with Crippen LogP contribution in [0.3, 0.4) is 0 Å². The second kappa shape index (κ2) is 6.65. The van der Waals surface area contributed by atoms with Gasteiger partial charge in [0.05, 0.1) is 22.1 Å². The van der Waals surface area contributed by atoms with Crippen LogP contribution in [0.4, 0.5) is 5.69 Å². The van der Waals surface area contributed by atoms with Gasteiger partial charge in [-0.2, -0.15) is 0 Å². The third kappa shape index (κ3) is 4.18. The number of nitro benzene ring substituents is 1.